The standard InChI is InChI=1S/C23H22OS/c24-18-10-17-22(25)23(19-11-4-1-5-12-19,20-13-6-2-7-14-20)21-15-8-3-9-16-21/h1-9,11-16,18,22,25H,10,17H2. The van der Waals surface area contributed by atoms with Crippen LogP contribution < -0.4 is 0 Å². The summed E-state index contributed by atoms with van der Waals surface area (Å²) in [5.41, 5.74) is 3.17. The number of aldehydes is 1. The van der Waals surface area contributed by atoms with Crippen molar-refractivity contribution in [2.24, 2.45) is 0 Å². The average molecular weight is 346 g/mol. The molecule has 0 bridgehead atoms. The molecule has 0 fully saturated rings. The first-order chi connectivity index (χ1) is 12.3. The van der Waals surface area contributed by atoms with E-state index in [9.17, 15) is 4.79 Å². The van der Waals surface area contributed by atoms with Gasteiger partial charge in [0.25, 0.3) is 0 Å². The van der Waals surface area contributed by atoms with Crippen molar-refractivity contribution in [2.45, 2.75) is 23.5 Å². The summed E-state index contributed by atoms with van der Waals surface area (Å²) in [5, 5.41) is -0.0232. The Morgan fingerprint density at radius 2 is 1.08 bits per heavy atom. The minimum atomic E-state index is -0.407. The maximum atomic E-state index is 11.0. The third-order valence-electron chi connectivity index (χ3n) is 4.75. The van der Waals surface area contributed by atoms with E-state index in [0.29, 0.717) is 12.8 Å². The highest BCUT2D eigenvalue weighted by atomic mass is 32.1. The normalized spacial score (nSPS) is 12.5. The molecule has 3 aromatic carbocycles. The maximum Gasteiger partial charge on any atom is 0.120 e. The zero-order chi connectivity index (χ0) is 17.5. The van der Waals surface area contributed by atoms with Crippen LogP contribution in [-0.2, 0) is 10.2 Å². The smallest absolute Gasteiger partial charge is 0.120 e. The lowest BCUT2D eigenvalue weighted by atomic mass is 9.66. The second-order valence-electron chi connectivity index (χ2n) is 6.17. The fraction of sp³-hybridized carbons (Fsp3) is 0.174. The lowest BCUT2D eigenvalue weighted by Gasteiger charge is -2.40. The van der Waals surface area contributed by atoms with Crippen molar-refractivity contribution in [1.29, 1.82) is 0 Å². The predicted octanol–water partition coefficient (Wildman–Crippen LogP) is 5.30. The summed E-state index contributed by atoms with van der Waals surface area (Å²) >= 11 is 5.02. The van der Waals surface area contributed by atoms with Gasteiger partial charge in [0.15, 0.2) is 0 Å². The van der Waals surface area contributed by atoms with Crippen molar-refractivity contribution in [3.8, 4) is 0 Å². The van der Waals surface area contributed by atoms with Gasteiger partial charge in [0.05, 0.1) is 5.41 Å². The highest BCUT2D eigenvalue weighted by molar-refractivity contribution is 7.81. The zero-order valence-electron chi connectivity index (χ0n) is 14.1. The third kappa shape index (κ3) is 3.40. The van der Waals surface area contributed by atoms with Crippen LogP contribution in [0.4, 0.5) is 0 Å². The van der Waals surface area contributed by atoms with E-state index in [1.807, 2.05) is 18.2 Å². The highest BCUT2D eigenvalue weighted by Crippen LogP contribution is 2.45. The minimum absolute atomic E-state index is 0.0232. The molecule has 0 radical (unpaired) electrons. The summed E-state index contributed by atoms with van der Waals surface area (Å²) in [7, 11) is 0. The number of carbonyl (C=O) groups excluding carboxylic acids is 1. The molecule has 0 aliphatic carbocycles. The van der Waals surface area contributed by atoms with Gasteiger partial charge in [-0.15, -0.1) is 0 Å². The SMILES string of the molecule is O=CCCC(S)C(c1ccccc1)(c1ccccc1)c1ccccc1. The second kappa shape index (κ2) is 8.17. The van der Waals surface area contributed by atoms with E-state index >= 15 is 0 Å². The Labute approximate surface area is 155 Å². The summed E-state index contributed by atoms with van der Waals surface area (Å²) in [5.74, 6) is 0. The topological polar surface area (TPSA) is 17.1 Å². The van der Waals surface area contributed by atoms with Crippen LogP contribution in [0.25, 0.3) is 0 Å². The predicted molar refractivity (Wildman–Crippen MR) is 107 cm³/mol. The zero-order valence-corrected chi connectivity index (χ0v) is 15.0. The highest BCUT2D eigenvalue weighted by Gasteiger charge is 2.41. The molecule has 1 atom stereocenters. The molecule has 0 saturated heterocycles. The van der Waals surface area contributed by atoms with Crippen LogP contribution >= 0.6 is 12.6 Å². The largest absolute Gasteiger partial charge is 0.303 e. The Morgan fingerprint density at radius 1 is 0.720 bits per heavy atom. The minimum Gasteiger partial charge on any atom is -0.303 e. The Morgan fingerprint density at radius 3 is 1.40 bits per heavy atom. The van der Waals surface area contributed by atoms with Crippen LogP contribution in [0.15, 0.2) is 91.0 Å². The molecule has 0 N–H and O–H groups in total. The van der Waals surface area contributed by atoms with Gasteiger partial charge in [-0.05, 0) is 23.1 Å². The Bertz CT molecular complexity index is 687. The monoisotopic (exact) mass is 346 g/mol. The molecular formula is C23H22OS. The van der Waals surface area contributed by atoms with E-state index in [2.05, 4.69) is 72.8 Å². The molecule has 25 heavy (non-hydrogen) atoms. The summed E-state index contributed by atoms with van der Waals surface area (Å²) in [6, 6.07) is 31.4. The Balaban J connectivity index is 2.29. The van der Waals surface area contributed by atoms with Crippen molar-refractivity contribution in [2.75, 3.05) is 0 Å². The van der Waals surface area contributed by atoms with Crippen LogP contribution in [0.2, 0.25) is 0 Å². The van der Waals surface area contributed by atoms with Gasteiger partial charge in [-0.3, -0.25) is 0 Å². The summed E-state index contributed by atoms with van der Waals surface area (Å²) in [4.78, 5) is 11.0. The van der Waals surface area contributed by atoms with Crippen LogP contribution in [0.3, 0.4) is 0 Å². The number of thiol groups is 1. The average Bonchev–Trinajstić information content (AvgIpc) is 2.69. The number of carbonyl (C=O) groups is 1. The summed E-state index contributed by atoms with van der Waals surface area (Å²) in [6.07, 6.45) is 2.20. The fourth-order valence-electron chi connectivity index (χ4n) is 3.62. The van der Waals surface area contributed by atoms with Gasteiger partial charge in [-0.25, -0.2) is 0 Å². The molecule has 3 aromatic rings. The van der Waals surface area contributed by atoms with Gasteiger partial charge in [-0.2, -0.15) is 12.6 Å². The Kier molecular flexibility index (Phi) is 5.72. The molecule has 0 aliphatic rings. The Hall–Kier alpha value is -2.32. The summed E-state index contributed by atoms with van der Waals surface area (Å²) < 4.78 is 0. The molecule has 0 amide bonds. The van der Waals surface area contributed by atoms with E-state index in [1.54, 1.807) is 0 Å². The molecule has 1 unspecified atom stereocenters. The van der Waals surface area contributed by atoms with Crippen molar-refractivity contribution in [3.63, 3.8) is 0 Å². The van der Waals surface area contributed by atoms with Crippen molar-refractivity contribution in [1.82, 2.24) is 0 Å². The molecule has 0 heterocycles. The van der Waals surface area contributed by atoms with Gasteiger partial charge in [0.2, 0.25) is 0 Å². The number of benzene rings is 3. The van der Waals surface area contributed by atoms with Gasteiger partial charge in [0, 0.05) is 11.7 Å². The van der Waals surface area contributed by atoms with Gasteiger partial charge in [0.1, 0.15) is 6.29 Å². The molecule has 0 aromatic heterocycles. The molecule has 126 valence electrons. The second-order valence-corrected chi connectivity index (χ2v) is 6.79. The van der Waals surface area contributed by atoms with E-state index in [4.69, 9.17) is 12.6 Å². The van der Waals surface area contributed by atoms with Crippen LogP contribution in [0, 0.1) is 0 Å². The van der Waals surface area contributed by atoms with E-state index in [1.165, 1.54) is 16.7 Å². The first-order valence-electron chi connectivity index (χ1n) is 8.58. The van der Waals surface area contributed by atoms with E-state index in [-0.39, 0.29) is 5.25 Å². The first kappa shape index (κ1) is 17.5. The third-order valence-corrected chi connectivity index (χ3v) is 5.39. The van der Waals surface area contributed by atoms with Crippen molar-refractivity contribution < 1.29 is 4.79 Å². The van der Waals surface area contributed by atoms with Crippen LogP contribution in [0.5, 0.6) is 0 Å². The van der Waals surface area contributed by atoms with Crippen molar-refractivity contribution in [3.05, 3.63) is 108 Å². The lowest BCUT2D eigenvalue weighted by Crippen LogP contribution is -2.39. The number of rotatable bonds is 7. The molecule has 2 heteroatoms. The van der Waals surface area contributed by atoms with Gasteiger partial charge in [-0.1, -0.05) is 91.0 Å². The molecule has 0 spiro atoms. The molecule has 0 saturated carbocycles. The van der Waals surface area contributed by atoms with Gasteiger partial charge >= 0.3 is 0 Å². The number of hydrogen-bond acceptors (Lipinski definition) is 2. The number of hydrogen-bond donors (Lipinski definition) is 1. The van der Waals surface area contributed by atoms with E-state index < -0.39 is 5.41 Å². The molecular weight excluding hydrogens is 324 g/mol. The lowest BCUT2D eigenvalue weighted by molar-refractivity contribution is -0.107. The van der Waals surface area contributed by atoms with Crippen molar-refractivity contribution >= 4 is 18.9 Å². The molecule has 3 rings (SSSR count). The molecule has 1 nitrogen and oxygen atoms in total. The maximum absolute atomic E-state index is 11.0. The summed E-state index contributed by atoms with van der Waals surface area (Å²) in [6.45, 7) is 0. The van der Waals surface area contributed by atoms with Crippen LogP contribution in [-0.4, -0.2) is 11.5 Å². The quantitative estimate of drug-likeness (QED) is 0.349. The first-order valence-corrected chi connectivity index (χ1v) is 9.10. The fourth-order valence-corrected chi connectivity index (χ4v) is 4.22. The van der Waals surface area contributed by atoms with Crippen LogP contribution in [0.1, 0.15) is 29.5 Å². The molecule has 0 aliphatic heterocycles. The van der Waals surface area contributed by atoms with E-state index in [0.717, 1.165) is 6.29 Å². The van der Waals surface area contributed by atoms with Gasteiger partial charge < -0.3 is 4.79 Å².